The average molecular weight is 436 g/mol. The molecule has 2 N–H and O–H groups in total. The third-order valence-corrected chi connectivity index (χ3v) is 6.64. The minimum atomic E-state index is 0.976. The molecule has 7 rings (SSSR count). The molecular weight excluding hydrogens is 414 g/mol. The molecule has 0 fully saturated rings. The number of hydrogen-bond donors (Lipinski definition) is 2. The van der Waals surface area contributed by atoms with Gasteiger partial charge in [0.05, 0.1) is 22.4 Å². The van der Waals surface area contributed by atoms with Gasteiger partial charge in [-0.25, -0.2) is 4.98 Å². The summed E-state index contributed by atoms with van der Waals surface area (Å²) in [6.07, 6.45) is 4.04. The number of nitrogens with one attached hydrogen (secondary N) is 2. The summed E-state index contributed by atoms with van der Waals surface area (Å²) in [5.74, 6) is 0. The maximum atomic E-state index is 5.03. The van der Waals surface area contributed by atoms with E-state index >= 15 is 0 Å². The molecule has 0 aliphatic heterocycles. The number of aromatic amines is 2. The van der Waals surface area contributed by atoms with Crippen LogP contribution in [0.1, 0.15) is 0 Å². The van der Waals surface area contributed by atoms with E-state index in [1.807, 2.05) is 24.5 Å². The van der Waals surface area contributed by atoms with E-state index in [2.05, 4.69) is 101 Å². The third kappa shape index (κ3) is 2.95. The Morgan fingerprint density at radius 1 is 0.412 bits per heavy atom. The number of pyridine rings is 1. The van der Waals surface area contributed by atoms with Crippen molar-refractivity contribution in [2.75, 3.05) is 0 Å². The van der Waals surface area contributed by atoms with Crippen LogP contribution in [0.5, 0.6) is 0 Å². The Balaban J connectivity index is 1.49. The minimum Gasteiger partial charge on any atom is -0.361 e. The van der Waals surface area contributed by atoms with Crippen molar-refractivity contribution in [2.45, 2.75) is 0 Å². The predicted octanol–water partition coefficient (Wildman–Crippen LogP) is 8.20. The zero-order chi connectivity index (χ0) is 22.5. The molecule has 0 atom stereocenters. The van der Waals surface area contributed by atoms with E-state index in [1.54, 1.807) is 0 Å². The van der Waals surface area contributed by atoms with E-state index < -0.39 is 0 Å². The van der Waals surface area contributed by atoms with Gasteiger partial charge in [0.2, 0.25) is 0 Å². The molecule has 3 nitrogen and oxygen atoms in total. The van der Waals surface area contributed by atoms with E-state index in [4.69, 9.17) is 4.98 Å². The minimum absolute atomic E-state index is 0.976. The molecule has 3 heteroatoms. The molecule has 0 saturated carbocycles. The van der Waals surface area contributed by atoms with Gasteiger partial charge in [0.15, 0.2) is 0 Å². The molecule has 0 unspecified atom stereocenters. The highest BCUT2D eigenvalue weighted by Gasteiger charge is 2.13. The largest absolute Gasteiger partial charge is 0.361 e. The molecular formula is C31H21N3. The maximum Gasteiger partial charge on any atom is 0.0715 e. The topological polar surface area (TPSA) is 44.5 Å². The van der Waals surface area contributed by atoms with Gasteiger partial charge in [-0.3, -0.25) is 0 Å². The highest BCUT2D eigenvalue weighted by Crippen LogP contribution is 2.37. The Morgan fingerprint density at radius 2 is 0.971 bits per heavy atom. The summed E-state index contributed by atoms with van der Waals surface area (Å²) in [6, 6.07) is 36.3. The first-order valence-corrected chi connectivity index (χ1v) is 11.5. The molecule has 3 aromatic heterocycles. The lowest BCUT2D eigenvalue weighted by Gasteiger charge is -2.12. The molecule has 0 aliphatic rings. The van der Waals surface area contributed by atoms with Crippen LogP contribution in [0.25, 0.3) is 66.2 Å². The molecule has 4 aromatic carbocycles. The van der Waals surface area contributed by atoms with Crippen LogP contribution in [0.4, 0.5) is 0 Å². The van der Waals surface area contributed by atoms with Crippen LogP contribution in [0.3, 0.4) is 0 Å². The quantitative estimate of drug-likeness (QED) is 0.289. The number of rotatable bonds is 3. The van der Waals surface area contributed by atoms with Crippen molar-refractivity contribution in [1.82, 2.24) is 15.0 Å². The van der Waals surface area contributed by atoms with Crippen LogP contribution in [0, 0.1) is 0 Å². The van der Waals surface area contributed by atoms with Gasteiger partial charge >= 0.3 is 0 Å². The lowest BCUT2D eigenvalue weighted by molar-refractivity contribution is 1.32. The summed E-state index contributed by atoms with van der Waals surface area (Å²) < 4.78 is 0. The van der Waals surface area contributed by atoms with Gasteiger partial charge in [0.25, 0.3) is 0 Å². The van der Waals surface area contributed by atoms with Gasteiger partial charge in [-0.15, -0.1) is 0 Å². The Hall–Kier alpha value is -4.63. The molecule has 0 spiro atoms. The van der Waals surface area contributed by atoms with Crippen molar-refractivity contribution >= 4 is 32.6 Å². The smallest absolute Gasteiger partial charge is 0.0715 e. The standard InChI is InChI=1S/C31H21N3/c1-3-7-20(8-4-1)28-18-23(19-29(34-28)21-9-5-2-6-10-21)22-11-12-24-27(17-22)25-13-15-32-31(25)26-14-16-33-30(24)26/h1-19,32-33H. The Kier molecular flexibility index (Phi) is 4.15. The summed E-state index contributed by atoms with van der Waals surface area (Å²) in [4.78, 5) is 11.9. The first kappa shape index (κ1) is 18.9. The van der Waals surface area contributed by atoms with E-state index in [1.165, 1.54) is 38.1 Å². The van der Waals surface area contributed by atoms with Crippen molar-refractivity contribution in [3.05, 3.63) is 116 Å². The second-order valence-corrected chi connectivity index (χ2v) is 8.65. The molecule has 0 bridgehead atoms. The lowest BCUT2D eigenvalue weighted by atomic mass is 9.96. The van der Waals surface area contributed by atoms with Crippen LogP contribution in [-0.4, -0.2) is 15.0 Å². The number of benzene rings is 4. The van der Waals surface area contributed by atoms with Gasteiger partial charge < -0.3 is 9.97 Å². The molecule has 7 aromatic rings. The van der Waals surface area contributed by atoms with Crippen molar-refractivity contribution in [3.63, 3.8) is 0 Å². The fourth-order valence-corrected chi connectivity index (χ4v) is 4.99. The molecule has 0 aliphatic carbocycles. The van der Waals surface area contributed by atoms with Crippen LogP contribution in [0.2, 0.25) is 0 Å². The molecule has 160 valence electrons. The van der Waals surface area contributed by atoms with E-state index in [0.717, 1.165) is 28.1 Å². The second-order valence-electron chi connectivity index (χ2n) is 8.65. The Bertz CT molecular complexity index is 1730. The number of nitrogens with zero attached hydrogens (tertiary/aromatic N) is 1. The monoisotopic (exact) mass is 435 g/mol. The SMILES string of the molecule is c1ccc(-c2cc(-c3ccc4c(c3)c3cc[nH]c3c3cc[nH]c43)cc(-c3ccccc3)n2)cc1. The lowest BCUT2D eigenvalue weighted by Crippen LogP contribution is -1.91. The Morgan fingerprint density at radius 3 is 1.59 bits per heavy atom. The Labute approximate surface area is 196 Å². The predicted molar refractivity (Wildman–Crippen MR) is 142 cm³/mol. The van der Waals surface area contributed by atoms with Gasteiger partial charge in [-0.05, 0) is 46.8 Å². The highest BCUT2D eigenvalue weighted by molar-refractivity contribution is 6.24. The van der Waals surface area contributed by atoms with Crippen molar-refractivity contribution in [2.24, 2.45) is 0 Å². The zero-order valence-corrected chi connectivity index (χ0v) is 18.4. The first-order valence-electron chi connectivity index (χ1n) is 11.5. The van der Waals surface area contributed by atoms with Gasteiger partial charge in [-0.2, -0.15) is 0 Å². The first-order chi connectivity index (χ1) is 16.8. The fraction of sp³-hybridized carbons (Fsp3) is 0. The van der Waals surface area contributed by atoms with Crippen LogP contribution in [0.15, 0.2) is 116 Å². The van der Waals surface area contributed by atoms with Gasteiger partial charge in [0.1, 0.15) is 0 Å². The zero-order valence-electron chi connectivity index (χ0n) is 18.4. The highest BCUT2D eigenvalue weighted by atomic mass is 14.7. The van der Waals surface area contributed by atoms with Crippen LogP contribution in [-0.2, 0) is 0 Å². The number of fused-ring (bicyclic) bond motifs is 6. The number of hydrogen-bond acceptors (Lipinski definition) is 1. The van der Waals surface area contributed by atoms with Crippen molar-refractivity contribution in [1.29, 1.82) is 0 Å². The number of aromatic nitrogens is 3. The number of H-pyrrole nitrogens is 2. The summed E-state index contributed by atoms with van der Waals surface area (Å²) >= 11 is 0. The molecule has 3 heterocycles. The van der Waals surface area contributed by atoms with Gasteiger partial charge in [-0.1, -0.05) is 72.8 Å². The summed E-state index contributed by atoms with van der Waals surface area (Å²) in [7, 11) is 0. The summed E-state index contributed by atoms with van der Waals surface area (Å²) in [6.45, 7) is 0. The van der Waals surface area contributed by atoms with Gasteiger partial charge in [0, 0.05) is 39.7 Å². The molecule has 0 radical (unpaired) electrons. The third-order valence-electron chi connectivity index (χ3n) is 6.64. The van der Waals surface area contributed by atoms with E-state index in [-0.39, 0.29) is 0 Å². The fourth-order valence-electron chi connectivity index (χ4n) is 4.99. The average Bonchev–Trinajstić information content (AvgIpc) is 3.59. The van der Waals surface area contributed by atoms with Crippen LogP contribution >= 0.6 is 0 Å². The second kappa shape index (κ2) is 7.46. The van der Waals surface area contributed by atoms with E-state index in [0.29, 0.717) is 0 Å². The molecule has 34 heavy (non-hydrogen) atoms. The van der Waals surface area contributed by atoms with Crippen molar-refractivity contribution in [3.8, 4) is 33.6 Å². The summed E-state index contributed by atoms with van der Waals surface area (Å²) in [5.41, 5.74) is 8.86. The molecule has 0 amide bonds. The maximum absolute atomic E-state index is 5.03. The van der Waals surface area contributed by atoms with Crippen molar-refractivity contribution < 1.29 is 0 Å². The molecule has 0 saturated heterocycles. The van der Waals surface area contributed by atoms with Crippen LogP contribution < -0.4 is 0 Å². The summed E-state index contributed by atoms with van der Waals surface area (Å²) in [5, 5.41) is 4.94. The normalized spacial score (nSPS) is 11.5. The van der Waals surface area contributed by atoms with E-state index in [9.17, 15) is 0 Å².